The molecule has 19 heavy (non-hydrogen) atoms. The molecular weight excluding hydrogens is 252 g/mol. The van der Waals surface area contributed by atoms with Crippen LogP contribution < -0.4 is 0 Å². The minimum Gasteiger partial charge on any atom is -0.507 e. The fraction of sp³-hybridized carbons (Fsp3) is 0.385. The molecule has 0 saturated carbocycles. The second kappa shape index (κ2) is 5.81. The summed E-state index contributed by atoms with van der Waals surface area (Å²) in [6.07, 6.45) is -3.54. The number of aryl methyl sites for hydroxylation is 1. The van der Waals surface area contributed by atoms with Crippen LogP contribution in [0.25, 0.3) is 0 Å². The first-order chi connectivity index (χ1) is 8.73. The molecule has 0 aliphatic carbocycles. The van der Waals surface area contributed by atoms with E-state index in [4.69, 9.17) is 5.11 Å². The second-order valence-electron chi connectivity index (χ2n) is 4.39. The van der Waals surface area contributed by atoms with Gasteiger partial charge in [-0.05, 0) is 37.1 Å². The van der Waals surface area contributed by atoms with E-state index >= 15 is 0 Å². The van der Waals surface area contributed by atoms with E-state index in [9.17, 15) is 24.9 Å². The molecule has 2 atom stereocenters. The first-order valence-corrected chi connectivity index (χ1v) is 5.66. The molecule has 104 valence electrons. The standard InChI is InChI=1S/C13H16O6/c1-6-3-9(7(2)14)10(15)4-8(6)13(19)11(16)5-12(17)18/h3-4,11,13,15-16,19H,5H2,1-2H3,(H,17,18). The quantitative estimate of drug-likeness (QED) is 0.586. The smallest absolute Gasteiger partial charge is 0.306 e. The number of aromatic hydroxyl groups is 1. The zero-order valence-corrected chi connectivity index (χ0v) is 10.6. The number of Topliss-reactive ketones (excluding diaryl/α,β-unsaturated/α-hetero) is 1. The molecule has 0 heterocycles. The van der Waals surface area contributed by atoms with Gasteiger partial charge in [-0.2, -0.15) is 0 Å². The van der Waals surface area contributed by atoms with Gasteiger partial charge in [-0.25, -0.2) is 0 Å². The van der Waals surface area contributed by atoms with Crippen molar-refractivity contribution in [2.24, 2.45) is 0 Å². The second-order valence-corrected chi connectivity index (χ2v) is 4.39. The number of hydrogen-bond donors (Lipinski definition) is 4. The predicted molar refractivity (Wildman–Crippen MR) is 66.1 cm³/mol. The largest absolute Gasteiger partial charge is 0.507 e. The van der Waals surface area contributed by atoms with Gasteiger partial charge in [0.2, 0.25) is 0 Å². The number of hydrogen-bond acceptors (Lipinski definition) is 5. The highest BCUT2D eigenvalue weighted by atomic mass is 16.4. The molecule has 1 aromatic rings. The Morgan fingerprint density at radius 1 is 1.26 bits per heavy atom. The van der Waals surface area contributed by atoms with Gasteiger partial charge in [-0.1, -0.05) is 0 Å². The lowest BCUT2D eigenvalue weighted by Crippen LogP contribution is -2.22. The van der Waals surface area contributed by atoms with Gasteiger partial charge >= 0.3 is 5.97 Å². The Morgan fingerprint density at radius 3 is 2.32 bits per heavy atom. The SMILES string of the molecule is CC(=O)c1cc(C)c(C(O)C(O)CC(=O)O)cc1O. The molecule has 0 amide bonds. The number of aliphatic hydroxyl groups is 2. The van der Waals surface area contributed by atoms with Gasteiger partial charge in [-0.15, -0.1) is 0 Å². The van der Waals surface area contributed by atoms with Gasteiger partial charge in [0.1, 0.15) is 11.9 Å². The van der Waals surface area contributed by atoms with E-state index in [0.717, 1.165) is 0 Å². The van der Waals surface area contributed by atoms with Gasteiger partial charge in [0.05, 0.1) is 18.1 Å². The maximum Gasteiger partial charge on any atom is 0.306 e. The Hall–Kier alpha value is -1.92. The van der Waals surface area contributed by atoms with Crippen molar-refractivity contribution < 1.29 is 30.0 Å². The summed E-state index contributed by atoms with van der Waals surface area (Å²) in [5.41, 5.74) is 0.789. The number of carboxylic acid groups (broad SMARTS) is 1. The summed E-state index contributed by atoms with van der Waals surface area (Å²) in [5, 5.41) is 37.6. The lowest BCUT2D eigenvalue weighted by atomic mass is 9.94. The van der Waals surface area contributed by atoms with Crippen molar-refractivity contribution in [1.82, 2.24) is 0 Å². The van der Waals surface area contributed by atoms with Crippen LogP contribution in [0.2, 0.25) is 0 Å². The van der Waals surface area contributed by atoms with Crippen LogP contribution in [0.5, 0.6) is 5.75 Å². The molecule has 0 saturated heterocycles. The summed E-state index contributed by atoms with van der Waals surface area (Å²) in [6.45, 7) is 2.89. The molecule has 0 bridgehead atoms. The lowest BCUT2D eigenvalue weighted by molar-refractivity contribution is -0.141. The number of rotatable bonds is 5. The minimum atomic E-state index is -1.49. The fourth-order valence-electron chi connectivity index (χ4n) is 1.81. The molecule has 0 aliphatic rings. The number of phenols is 1. The Labute approximate surface area is 109 Å². The summed E-state index contributed by atoms with van der Waals surface area (Å²) < 4.78 is 0. The minimum absolute atomic E-state index is 0.112. The Bertz CT molecular complexity index is 508. The molecule has 0 aromatic heterocycles. The van der Waals surface area contributed by atoms with E-state index in [2.05, 4.69) is 0 Å². The molecule has 1 rings (SSSR count). The van der Waals surface area contributed by atoms with Crippen LogP contribution in [0.3, 0.4) is 0 Å². The molecule has 2 unspecified atom stereocenters. The van der Waals surface area contributed by atoms with Gasteiger partial charge < -0.3 is 20.4 Å². The number of carbonyl (C=O) groups is 2. The molecule has 0 fully saturated rings. The average molecular weight is 268 g/mol. The van der Waals surface area contributed by atoms with Crippen LogP contribution in [0.15, 0.2) is 12.1 Å². The zero-order chi connectivity index (χ0) is 14.7. The van der Waals surface area contributed by atoms with Gasteiger partial charge in [-0.3, -0.25) is 9.59 Å². The molecule has 0 radical (unpaired) electrons. The monoisotopic (exact) mass is 268 g/mol. The third-order valence-corrected chi connectivity index (χ3v) is 2.83. The van der Waals surface area contributed by atoms with E-state index in [1.807, 2.05) is 0 Å². The summed E-state index contributed by atoms with van der Waals surface area (Å²) >= 11 is 0. The fourth-order valence-corrected chi connectivity index (χ4v) is 1.81. The number of carbonyl (C=O) groups excluding carboxylic acids is 1. The Balaban J connectivity index is 3.11. The molecule has 1 aromatic carbocycles. The summed E-state index contributed by atoms with van der Waals surface area (Å²) in [7, 11) is 0. The number of phenolic OH excluding ortho intramolecular Hbond substituents is 1. The molecule has 4 N–H and O–H groups in total. The van der Waals surface area contributed by atoms with Crippen molar-refractivity contribution in [2.75, 3.05) is 0 Å². The lowest BCUT2D eigenvalue weighted by Gasteiger charge is -2.19. The van der Waals surface area contributed by atoms with Crippen molar-refractivity contribution in [3.8, 4) is 5.75 Å². The van der Waals surface area contributed by atoms with Crippen LogP contribution in [0, 0.1) is 6.92 Å². The third kappa shape index (κ3) is 3.52. The third-order valence-electron chi connectivity index (χ3n) is 2.83. The van der Waals surface area contributed by atoms with Crippen LogP contribution >= 0.6 is 0 Å². The molecule has 6 nitrogen and oxygen atoms in total. The molecular formula is C13H16O6. The zero-order valence-electron chi connectivity index (χ0n) is 10.6. The number of benzene rings is 1. The van der Waals surface area contributed by atoms with Crippen LogP contribution in [0.1, 0.15) is 40.9 Å². The Morgan fingerprint density at radius 2 is 1.84 bits per heavy atom. The van der Waals surface area contributed by atoms with Gasteiger partial charge in [0, 0.05) is 0 Å². The first kappa shape index (κ1) is 15.1. The Kier molecular flexibility index (Phi) is 4.63. The van der Waals surface area contributed by atoms with Crippen molar-refractivity contribution >= 4 is 11.8 Å². The number of aliphatic hydroxyl groups excluding tert-OH is 2. The topological polar surface area (TPSA) is 115 Å². The van der Waals surface area contributed by atoms with E-state index in [1.165, 1.54) is 19.1 Å². The number of carboxylic acids is 1. The average Bonchev–Trinajstić information content (AvgIpc) is 2.29. The van der Waals surface area contributed by atoms with Gasteiger partial charge in [0.25, 0.3) is 0 Å². The maximum absolute atomic E-state index is 11.2. The summed E-state index contributed by atoms with van der Waals surface area (Å²) in [6, 6.07) is 2.56. The van der Waals surface area contributed by atoms with E-state index in [1.54, 1.807) is 6.92 Å². The normalized spacial score (nSPS) is 13.9. The molecule has 0 spiro atoms. The van der Waals surface area contributed by atoms with Crippen molar-refractivity contribution in [3.05, 3.63) is 28.8 Å². The number of aliphatic carboxylic acids is 1. The summed E-state index contributed by atoms with van der Waals surface area (Å²) in [5.74, 6) is -1.88. The molecule has 6 heteroatoms. The highest BCUT2D eigenvalue weighted by Gasteiger charge is 2.24. The van der Waals surface area contributed by atoms with Crippen LogP contribution in [-0.4, -0.2) is 38.3 Å². The van der Waals surface area contributed by atoms with Crippen molar-refractivity contribution in [1.29, 1.82) is 0 Å². The highest BCUT2D eigenvalue weighted by Crippen LogP contribution is 2.29. The van der Waals surface area contributed by atoms with Crippen molar-refractivity contribution in [2.45, 2.75) is 32.5 Å². The number of ketones is 1. The summed E-state index contributed by atoms with van der Waals surface area (Å²) in [4.78, 5) is 21.7. The maximum atomic E-state index is 11.2. The highest BCUT2D eigenvalue weighted by molar-refractivity contribution is 5.97. The van der Waals surface area contributed by atoms with E-state index in [0.29, 0.717) is 5.56 Å². The van der Waals surface area contributed by atoms with Crippen LogP contribution in [0.4, 0.5) is 0 Å². The van der Waals surface area contributed by atoms with Gasteiger partial charge in [0.15, 0.2) is 5.78 Å². The van der Waals surface area contributed by atoms with Crippen LogP contribution in [-0.2, 0) is 4.79 Å². The van der Waals surface area contributed by atoms with Crippen molar-refractivity contribution in [3.63, 3.8) is 0 Å². The first-order valence-electron chi connectivity index (χ1n) is 5.66. The van der Waals surface area contributed by atoms with E-state index in [-0.39, 0.29) is 22.7 Å². The molecule has 0 aliphatic heterocycles. The predicted octanol–water partition coefficient (Wildman–Crippen LogP) is 0.772. The van der Waals surface area contributed by atoms with E-state index < -0.39 is 24.6 Å².